The van der Waals surface area contributed by atoms with Crippen molar-refractivity contribution < 1.29 is 13.3 Å². The van der Waals surface area contributed by atoms with Crippen molar-refractivity contribution in [1.82, 2.24) is 0 Å². The van der Waals surface area contributed by atoms with Crippen LogP contribution < -0.4 is 0 Å². The van der Waals surface area contributed by atoms with Crippen LogP contribution in [0.2, 0.25) is 0 Å². The highest BCUT2D eigenvalue weighted by Gasteiger charge is 2.26. The van der Waals surface area contributed by atoms with E-state index in [9.17, 15) is 13.3 Å². The lowest BCUT2D eigenvalue weighted by Gasteiger charge is -2.17. The molecule has 1 rings (SSSR count). The smallest absolute Gasteiger partial charge is 0.144 e. The monoisotopic (exact) mass is 245 g/mol. The van der Waals surface area contributed by atoms with Gasteiger partial charge in [0.05, 0.1) is 11.8 Å². The minimum atomic E-state index is -1.52. The molecule has 0 amide bonds. The Morgan fingerprint density at radius 3 is 2.19 bits per heavy atom. The van der Waals surface area contributed by atoms with E-state index < -0.39 is 27.7 Å². The van der Waals surface area contributed by atoms with Gasteiger partial charge in [-0.1, -0.05) is 10.5 Å². The Labute approximate surface area is 96.7 Å². The van der Waals surface area contributed by atoms with Crippen LogP contribution in [0.3, 0.4) is 0 Å². The summed E-state index contributed by atoms with van der Waals surface area (Å²) in [5.41, 5.74) is -0.264. The molecule has 0 heterocycles. The molecule has 0 aliphatic rings. The molecule has 2 nitrogen and oxygen atoms in total. The molecule has 5 heteroatoms. The first kappa shape index (κ1) is 13.1. The summed E-state index contributed by atoms with van der Waals surface area (Å²) < 4.78 is 41.0. The highest BCUT2D eigenvalue weighted by molar-refractivity contribution is 7.91. The number of hydrogen-bond acceptors (Lipinski definition) is 2. The molecule has 0 bridgehead atoms. The van der Waals surface area contributed by atoms with Gasteiger partial charge in [-0.05, 0) is 32.9 Å². The zero-order valence-corrected chi connectivity index (χ0v) is 10.1. The molecule has 0 fully saturated rings. The van der Waals surface area contributed by atoms with Gasteiger partial charge in [0.15, 0.2) is 0 Å². The number of halogens is 2. The summed E-state index contributed by atoms with van der Waals surface area (Å²) in [7, 11) is 0. The van der Waals surface area contributed by atoms with Crippen molar-refractivity contribution in [2.24, 2.45) is 4.40 Å². The third kappa shape index (κ3) is 3.28. The molecule has 0 spiro atoms. The highest BCUT2D eigenvalue weighted by Crippen LogP contribution is 2.17. The standard InChI is InChI=1S/C11H13F2NOS/c1-11(2,3)16(15)14-7-8-9(12)5-4-6-10(8)13/h4-7H,1-3H3. The van der Waals surface area contributed by atoms with E-state index in [0.29, 0.717) is 0 Å². The summed E-state index contributed by atoms with van der Waals surface area (Å²) >= 11 is -1.52. The van der Waals surface area contributed by atoms with Gasteiger partial charge in [0.1, 0.15) is 27.7 Å². The average molecular weight is 245 g/mol. The quantitative estimate of drug-likeness (QED) is 0.583. The van der Waals surface area contributed by atoms with Crippen LogP contribution in [0.15, 0.2) is 22.6 Å². The first-order chi connectivity index (χ1) is 7.32. The SMILES string of the molecule is CC(C)(C)[S+]([O-])N=Cc1c(F)cccc1F. The van der Waals surface area contributed by atoms with E-state index in [0.717, 1.165) is 18.3 Å². The molecule has 1 aromatic carbocycles. The zero-order valence-electron chi connectivity index (χ0n) is 9.33. The lowest BCUT2D eigenvalue weighted by atomic mass is 10.2. The maximum Gasteiger partial charge on any atom is 0.144 e. The number of rotatable bonds is 2. The Balaban J connectivity index is 2.93. The second kappa shape index (κ2) is 4.93. The van der Waals surface area contributed by atoms with E-state index in [4.69, 9.17) is 0 Å². The van der Waals surface area contributed by atoms with E-state index in [-0.39, 0.29) is 5.56 Å². The van der Waals surface area contributed by atoms with Gasteiger partial charge in [0.2, 0.25) is 0 Å². The van der Waals surface area contributed by atoms with E-state index in [1.807, 2.05) is 0 Å². The normalized spacial score (nSPS) is 14.4. The Morgan fingerprint density at radius 1 is 1.25 bits per heavy atom. The first-order valence-electron chi connectivity index (χ1n) is 4.72. The highest BCUT2D eigenvalue weighted by atomic mass is 32.2. The van der Waals surface area contributed by atoms with Crippen molar-refractivity contribution in [3.05, 3.63) is 35.4 Å². The van der Waals surface area contributed by atoms with Gasteiger partial charge in [-0.15, -0.1) is 0 Å². The Bertz CT molecular complexity index is 381. The van der Waals surface area contributed by atoms with Gasteiger partial charge in [0.25, 0.3) is 0 Å². The Morgan fingerprint density at radius 2 is 1.75 bits per heavy atom. The van der Waals surface area contributed by atoms with Gasteiger partial charge in [-0.2, -0.15) is 0 Å². The summed E-state index contributed by atoms with van der Waals surface area (Å²) in [6.07, 6.45) is 0.978. The van der Waals surface area contributed by atoms with Crippen LogP contribution in [0.1, 0.15) is 26.3 Å². The van der Waals surface area contributed by atoms with Gasteiger partial charge in [-0.3, -0.25) is 0 Å². The average Bonchev–Trinajstić information content (AvgIpc) is 2.15. The van der Waals surface area contributed by atoms with Crippen LogP contribution in [-0.4, -0.2) is 15.5 Å². The predicted octanol–water partition coefficient (Wildman–Crippen LogP) is 2.85. The lowest BCUT2D eigenvalue weighted by Crippen LogP contribution is -2.25. The minimum absolute atomic E-state index is 0.264. The van der Waals surface area contributed by atoms with Gasteiger partial charge < -0.3 is 4.55 Å². The summed E-state index contributed by atoms with van der Waals surface area (Å²) in [4.78, 5) is 0. The maximum atomic E-state index is 13.2. The van der Waals surface area contributed by atoms with Gasteiger partial charge in [-0.25, -0.2) is 8.78 Å². The molecule has 0 aliphatic carbocycles. The van der Waals surface area contributed by atoms with Crippen molar-refractivity contribution in [3.63, 3.8) is 0 Å². The minimum Gasteiger partial charge on any atom is -0.591 e. The predicted molar refractivity (Wildman–Crippen MR) is 61.8 cm³/mol. The molecule has 0 aliphatic heterocycles. The topological polar surface area (TPSA) is 35.4 Å². The molecule has 16 heavy (non-hydrogen) atoms. The Kier molecular flexibility index (Phi) is 4.04. The van der Waals surface area contributed by atoms with Crippen LogP contribution in [0.4, 0.5) is 8.78 Å². The molecular weight excluding hydrogens is 232 g/mol. The third-order valence-electron chi connectivity index (χ3n) is 1.80. The molecular formula is C11H13F2NOS. The van der Waals surface area contributed by atoms with E-state index in [2.05, 4.69) is 4.40 Å². The molecule has 1 atom stereocenters. The first-order valence-corrected chi connectivity index (χ1v) is 5.83. The second-order valence-electron chi connectivity index (χ2n) is 4.23. The van der Waals surface area contributed by atoms with Crippen molar-refractivity contribution in [2.75, 3.05) is 0 Å². The zero-order chi connectivity index (χ0) is 12.3. The van der Waals surface area contributed by atoms with Gasteiger partial charge in [0, 0.05) is 0 Å². The largest absolute Gasteiger partial charge is 0.591 e. The molecule has 1 unspecified atom stereocenters. The molecule has 0 saturated carbocycles. The van der Waals surface area contributed by atoms with Crippen LogP contribution in [0.25, 0.3) is 0 Å². The van der Waals surface area contributed by atoms with Crippen molar-refractivity contribution in [3.8, 4) is 0 Å². The van der Waals surface area contributed by atoms with Crippen LogP contribution in [0.5, 0.6) is 0 Å². The van der Waals surface area contributed by atoms with Crippen molar-refractivity contribution in [1.29, 1.82) is 0 Å². The molecule has 0 N–H and O–H groups in total. The number of benzene rings is 1. The lowest BCUT2D eigenvalue weighted by molar-refractivity contribution is 0.561. The fourth-order valence-electron chi connectivity index (χ4n) is 0.893. The van der Waals surface area contributed by atoms with Gasteiger partial charge >= 0.3 is 0 Å². The molecule has 0 saturated heterocycles. The fraction of sp³-hybridized carbons (Fsp3) is 0.364. The number of nitrogens with zero attached hydrogens (tertiary/aromatic N) is 1. The van der Waals surface area contributed by atoms with Crippen LogP contribution >= 0.6 is 0 Å². The van der Waals surface area contributed by atoms with Crippen LogP contribution in [-0.2, 0) is 11.4 Å². The fourth-order valence-corrected chi connectivity index (χ4v) is 1.41. The Hall–Kier alpha value is -0.940. The number of hydrogen-bond donors (Lipinski definition) is 0. The van der Waals surface area contributed by atoms with E-state index in [1.54, 1.807) is 20.8 Å². The molecule has 88 valence electrons. The molecule has 1 aromatic rings. The van der Waals surface area contributed by atoms with Crippen molar-refractivity contribution in [2.45, 2.75) is 25.5 Å². The summed E-state index contributed by atoms with van der Waals surface area (Å²) in [6.45, 7) is 5.20. The molecule has 0 aromatic heterocycles. The van der Waals surface area contributed by atoms with Crippen LogP contribution in [0, 0.1) is 11.6 Å². The third-order valence-corrected chi connectivity index (χ3v) is 3.15. The van der Waals surface area contributed by atoms with E-state index >= 15 is 0 Å². The summed E-state index contributed by atoms with van der Waals surface area (Å²) in [6, 6.07) is 3.53. The summed E-state index contributed by atoms with van der Waals surface area (Å²) in [5, 5.41) is 0. The molecule has 0 radical (unpaired) electrons. The summed E-state index contributed by atoms with van der Waals surface area (Å²) in [5.74, 6) is -1.43. The van der Waals surface area contributed by atoms with E-state index in [1.165, 1.54) is 6.07 Å². The maximum absolute atomic E-state index is 13.2. The second-order valence-corrected chi connectivity index (χ2v) is 6.17. The van der Waals surface area contributed by atoms with Crippen molar-refractivity contribution >= 4 is 17.6 Å².